The minimum Gasteiger partial charge on any atom is -0.497 e. The van der Waals surface area contributed by atoms with E-state index in [-0.39, 0.29) is 12.6 Å². The van der Waals surface area contributed by atoms with Crippen molar-refractivity contribution < 1.29 is 19.1 Å². The summed E-state index contributed by atoms with van der Waals surface area (Å²) in [6, 6.07) is 22.9. The molecule has 0 saturated carbocycles. The largest absolute Gasteiger partial charge is 0.497 e. The predicted molar refractivity (Wildman–Crippen MR) is 118 cm³/mol. The van der Waals surface area contributed by atoms with Gasteiger partial charge >= 0.3 is 0 Å². The van der Waals surface area contributed by atoms with Crippen LogP contribution in [0.5, 0.6) is 5.75 Å². The number of hydrogen-bond acceptors (Lipinski definition) is 4. The van der Waals surface area contributed by atoms with Crippen LogP contribution in [-0.2, 0) is 4.79 Å². The van der Waals surface area contributed by atoms with Gasteiger partial charge in [-0.2, -0.15) is 0 Å². The minimum absolute atomic E-state index is 0.198. The van der Waals surface area contributed by atoms with Gasteiger partial charge in [0.1, 0.15) is 12.4 Å². The van der Waals surface area contributed by atoms with Crippen molar-refractivity contribution in [3.8, 4) is 5.75 Å². The summed E-state index contributed by atoms with van der Waals surface area (Å²) in [6.45, 7) is -0.198. The summed E-state index contributed by atoms with van der Waals surface area (Å²) in [7, 11) is 1.55. The maximum absolute atomic E-state index is 13.1. The van der Waals surface area contributed by atoms with Gasteiger partial charge in [-0.05, 0) is 48.0 Å². The van der Waals surface area contributed by atoms with Crippen LogP contribution in [0.3, 0.4) is 0 Å². The Morgan fingerprint density at radius 2 is 1.45 bits per heavy atom. The van der Waals surface area contributed by atoms with Crippen LogP contribution in [0.1, 0.15) is 26.3 Å². The molecule has 31 heavy (non-hydrogen) atoms. The van der Waals surface area contributed by atoms with Crippen molar-refractivity contribution >= 4 is 29.5 Å². The first-order valence-corrected chi connectivity index (χ1v) is 9.72. The molecule has 3 aromatic carbocycles. The fraction of sp³-hybridized carbons (Fsp3) is 0.0800. The van der Waals surface area contributed by atoms with Crippen LogP contribution in [0.15, 0.2) is 84.9 Å². The Hall–Kier alpha value is -4.19. The molecular formula is C25H20N2O4. The Morgan fingerprint density at radius 3 is 2.03 bits per heavy atom. The SMILES string of the molecule is COc1ccc(N(CN2C(=O)c3ccccc3C2=O)C(=O)/C=C/c2ccccc2)cc1. The molecule has 6 nitrogen and oxygen atoms in total. The zero-order valence-corrected chi connectivity index (χ0v) is 16.9. The average molecular weight is 412 g/mol. The van der Waals surface area contributed by atoms with Gasteiger partial charge in [0.15, 0.2) is 0 Å². The van der Waals surface area contributed by atoms with E-state index in [0.29, 0.717) is 22.6 Å². The lowest BCUT2D eigenvalue weighted by Crippen LogP contribution is -2.43. The molecule has 3 aromatic rings. The van der Waals surface area contributed by atoms with Gasteiger partial charge in [-0.1, -0.05) is 42.5 Å². The molecule has 1 heterocycles. The van der Waals surface area contributed by atoms with Gasteiger partial charge in [0, 0.05) is 11.8 Å². The summed E-state index contributed by atoms with van der Waals surface area (Å²) in [5, 5.41) is 0. The fourth-order valence-corrected chi connectivity index (χ4v) is 3.37. The first-order valence-electron chi connectivity index (χ1n) is 9.72. The number of nitrogens with zero attached hydrogens (tertiary/aromatic N) is 2. The summed E-state index contributed by atoms with van der Waals surface area (Å²) >= 11 is 0. The third-order valence-electron chi connectivity index (χ3n) is 5.03. The van der Waals surface area contributed by atoms with Crippen LogP contribution in [0.2, 0.25) is 0 Å². The molecule has 0 aromatic heterocycles. The number of carbonyl (C=O) groups excluding carboxylic acids is 3. The van der Waals surface area contributed by atoms with E-state index in [9.17, 15) is 14.4 Å². The second-order valence-electron chi connectivity index (χ2n) is 6.93. The molecule has 1 aliphatic heterocycles. The molecule has 0 aliphatic carbocycles. The van der Waals surface area contributed by atoms with Gasteiger partial charge in [-0.15, -0.1) is 0 Å². The number of hydrogen-bond donors (Lipinski definition) is 0. The monoisotopic (exact) mass is 412 g/mol. The molecule has 0 radical (unpaired) electrons. The maximum atomic E-state index is 13.1. The first kappa shape index (κ1) is 20.1. The molecule has 6 heteroatoms. The van der Waals surface area contributed by atoms with Crippen LogP contribution in [-0.4, -0.2) is 36.4 Å². The number of ether oxygens (including phenoxy) is 1. The molecule has 0 fully saturated rings. The number of methoxy groups -OCH3 is 1. The number of carbonyl (C=O) groups is 3. The Morgan fingerprint density at radius 1 is 0.871 bits per heavy atom. The van der Waals surface area contributed by atoms with E-state index in [1.807, 2.05) is 30.3 Å². The van der Waals surface area contributed by atoms with Gasteiger partial charge in [0.25, 0.3) is 17.7 Å². The van der Waals surface area contributed by atoms with Gasteiger partial charge in [-0.25, -0.2) is 0 Å². The number of anilines is 1. The van der Waals surface area contributed by atoms with Crippen molar-refractivity contribution in [3.05, 3.63) is 102 Å². The topological polar surface area (TPSA) is 66.9 Å². The normalized spacial score (nSPS) is 12.9. The summed E-state index contributed by atoms with van der Waals surface area (Å²) in [6.07, 6.45) is 3.12. The molecule has 0 bridgehead atoms. The summed E-state index contributed by atoms with van der Waals surface area (Å²) in [4.78, 5) is 41.2. The van der Waals surface area contributed by atoms with Crippen molar-refractivity contribution in [2.45, 2.75) is 0 Å². The predicted octanol–water partition coefficient (Wildman–Crippen LogP) is 4.00. The Balaban J connectivity index is 1.64. The van der Waals surface area contributed by atoms with Gasteiger partial charge in [-0.3, -0.25) is 24.2 Å². The Bertz CT molecular complexity index is 1120. The van der Waals surface area contributed by atoms with E-state index in [0.717, 1.165) is 10.5 Å². The van der Waals surface area contributed by atoms with E-state index in [2.05, 4.69) is 0 Å². The molecule has 1 aliphatic rings. The van der Waals surface area contributed by atoms with E-state index < -0.39 is 11.8 Å². The summed E-state index contributed by atoms with van der Waals surface area (Å²) in [5.74, 6) is -0.555. The molecule has 0 unspecified atom stereocenters. The van der Waals surface area contributed by atoms with Crippen molar-refractivity contribution in [2.75, 3.05) is 18.7 Å². The van der Waals surface area contributed by atoms with Crippen LogP contribution in [0.4, 0.5) is 5.69 Å². The van der Waals surface area contributed by atoms with Gasteiger partial charge < -0.3 is 4.74 Å². The molecular weight excluding hydrogens is 392 g/mol. The Kier molecular flexibility index (Phi) is 5.62. The quantitative estimate of drug-likeness (QED) is 0.454. The molecule has 0 saturated heterocycles. The second kappa shape index (κ2) is 8.67. The van der Waals surface area contributed by atoms with E-state index in [4.69, 9.17) is 4.74 Å². The molecule has 0 spiro atoms. The van der Waals surface area contributed by atoms with Crippen molar-refractivity contribution in [3.63, 3.8) is 0 Å². The second-order valence-corrected chi connectivity index (χ2v) is 6.93. The van der Waals surface area contributed by atoms with E-state index >= 15 is 0 Å². The first-order chi connectivity index (χ1) is 15.1. The smallest absolute Gasteiger partial charge is 0.263 e. The van der Waals surface area contributed by atoms with Gasteiger partial charge in [0.05, 0.1) is 18.2 Å². The van der Waals surface area contributed by atoms with Crippen molar-refractivity contribution in [2.24, 2.45) is 0 Å². The van der Waals surface area contributed by atoms with Crippen LogP contribution in [0, 0.1) is 0 Å². The fourth-order valence-electron chi connectivity index (χ4n) is 3.37. The lowest BCUT2D eigenvalue weighted by molar-refractivity contribution is -0.114. The zero-order chi connectivity index (χ0) is 21.8. The average Bonchev–Trinajstić information content (AvgIpc) is 3.06. The minimum atomic E-state index is -0.418. The molecule has 154 valence electrons. The number of amides is 3. The summed E-state index contributed by atoms with van der Waals surface area (Å²) < 4.78 is 5.19. The highest BCUT2D eigenvalue weighted by Gasteiger charge is 2.36. The Labute approximate surface area is 180 Å². The third kappa shape index (κ3) is 4.09. The molecule has 4 rings (SSSR count). The van der Waals surface area contributed by atoms with Crippen LogP contribution in [0.25, 0.3) is 6.08 Å². The maximum Gasteiger partial charge on any atom is 0.263 e. The summed E-state index contributed by atoms with van der Waals surface area (Å²) in [5.41, 5.74) is 2.09. The number of rotatable bonds is 6. The number of fused-ring (bicyclic) bond motifs is 1. The highest BCUT2D eigenvalue weighted by molar-refractivity contribution is 6.21. The lowest BCUT2D eigenvalue weighted by atomic mass is 10.1. The standard InChI is InChI=1S/C25H20N2O4/c1-31-20-14-12-19(13-15-20)26(23(28)16-11-18-7-3-2-4-8-18)17-27-24(29)21-9-5-6-10-22(21)25(27)30/h2-16H,17H2,1H3/b16-11+. The third-order valence-corrected chi connectivity index (χ3v) is 5.03. The highest BCUT2D eigenvalue weighted by Crippen LogP contribution is 2.25. The van der Waals surface area contributed by atoms with Gasteiger partial charge in [0.2, 0.25) is 0 Å². The number of benzene rings is 3. The van der Waals surface area contributed by atoms with E-state index in [1.165, 1.54) is 11.0 Å². The van der Waals surface area contributed by atoms with Crippen LogP contribution < -0.4 is 9.64 Å². The number of imide groups is 1. The van der Waals surface area contributed by atoms with Crippen LogP contribution >= 0.6 is 0 Å². The van der Waals surface area contributed by atoms with Crippen molar-refractivity contribution in [1.29, 1.82) is 0 Å². The molecule has 3 amide bonds. The lowest BCUT2D eigenvalue weighted by Gasteiger charge is -2.26. The highest BCUT2D eigenvalue weighted by atomic mass is 16.5. The molecule has 0 N–H and O–H groups in total. The zero-order valence-electron chi connectivity index (χ0n) is 16.9. The molecule has 0 atom stereocenters. The van der Waals surface area contributed by atoms with E-state index in [1.54, 1.807) is 61.7 Å². The van der Waals surface area contributed by atoms with Crippen molar-refractivity contribution in [1.82, 2.24) is 4.90 Å².